The van der Waals surface area contributed by atoms with Gasteiger partial charge in [-0.1, -0.05) is 13.8 Å². The van der Waals surface area contributed by atoms with E-state index in [1.165, 1.54) is 4.90 Å². The highest BCUT2D eigenvalue weighted by Gasteiger charge is 2.38. The van der Waals surface area contributed by atoms with E-state index in [9.17, 15) is 19.2 Å². The standard InChI is InChI=1S/C18H33N5O5/c1-11(2)9-12(15(25)20-10-14(24)22-19)21-16(26)13-7-6-8-23(13)17(27)28-18(3,4)5/h11-13H,6-10,19H2,1-5H3,(H,20,25)(H,21,26)(H,22,24)/t12-,13-/m0/s1. The molecule has 160 valence electrons. The zero-order chi connectivity index (χ0) is 21.5. The van der Waals surface area contributed by atoms with Crippen molar-refractivity contribution in [3.8, 4) is 0 Å². The first-order valence-electron chi connectivity index (χ1n) is 9.51. The third kappa shape index (κ3) is 7.71. The summed E-state index contributed by atoms with van der Waals surface area (Å²) >= 11 is 0. The Kier molecular flexibility index (Phi) is 8.67. The van der Waals surface area contributed by atoms with Gasteiger partial charge in [0.05, 0.1) is 6.54 Å². The van der Waals surface area contributed by atoms with Gasteiger partial charge in [-0.05, 0) is 46.0 Å². The Morgan fingerprint density at radius 1 is 1.21 bits per heavy atom. The monoisotopic (exact) mass is 399 g/mol. The van der Waals surface area contributed by atoms with E-state index in [1.54, 1.807) is 20.8 Å². The molecule has 1 fully saturated rings. The number of carbonyl (C=O) groups is 4. The molecule has 0 aromatic carbocycles. The zero-order valence-electron chi connectivity index (χ0n) is 17.3. The highest BCUT2D eigenvalue weighted by atomic mass is 16.6. The molecule has 0 saturated carbocycles. The minimum Gasteiger partial charge on any atom is -0.444 e. The molecule has 28 heavy (non-hydrogen) atoms. The van der Waals surface area contributed by atoms with Crippen molar-refractivity contribution in [2.24, 2.45) is 11.8 Å². The summed E-state index contributed by atoms with van der Waals surface area (Å²) in [4.78, 5) is 50.2. The van der Waals surface area contributed by atoms with Crippen LogP contribution in [-0.4, -0.2) is 59.5 Å². The van der Waals surface area contributed by atoms with Gasteiger partial charge in [0.25, 0.3) is 5.91 Å². The molecule has 1 heterocycles. The Hall–Kier alpha value is -2.36. The summed E-state index contributed by atoms with van der Waals surface area (Å²) in [5.41, 5.74) is 1.26. The van der Waals surface area contributed by atoms with Crippen LogP contribution in [0.25, 0.3) is 0 Å². The lowest BCUT2D eigenvalue weighted by Crippen LogP contribution is -2.54. The van der Waals surface area contributed by atoms with E-state index < -0.39 is 41.5 Å². The molecule has 1 saturated heterocycles. The Bertz CT molecular complexity index is 587. The number of carbonyl (C=O) groups excluding carboxylic acids is 4. The predicted octanol–water partition coefficient (Wildman–Crippen LogP) is 0.0229. The Labute approximate surface area is 165 Å². The first kappa shape index (κ1) is 23.7. The number of nitrogens with one attached hydrogen (secondary N) is 3. The van der Waals surface area contributed by atoms with Crippen molar-refractivity contribution >= 4 is 23.8 Å². The average molecular weight is 399 g/mol. The molecule has 0 aliphatic carbocycles. The van der Waals surface area contributed by atoms with Crippen LogP contribution in [0, 0.1) is 5.92 Å². The Morgan fingerprint density at radius 2 is 1.86 bits per heavy atom. The van der Waals surface area contributed by atoms with Gasteiger partial charge in [0.2, 0.25) is 11.8 Å². The Balaban J connectivity index is 2.78. The first-order valence-corrected chi connectivity index (χ1v) is 9.51. The second kappa shape index (κ2) is 10.3. The van der Waals surface area contributed by atoms with E-state index in [4.69, 9.17) is 10.6 Å². The van der Waals surface area contributed by atoms with Crippen molar-refractivity contribution in [3.63, 3.8) is 0 Å². The largest absolute Gasteiger partial charge is 0.444 e. The number of rotatable bonds is 7. The molecule has 1 aliphatic heterocycles. The number of ether oxygens (including phenoxy) is 1. The zero-order valence-corrected chi connectivity index (χ0v) is 17.3. The van der Waals surface area contributed by atoms with Gasteiger partial charge in [0, 0.05) is 6.54 Å². The summed E-state index contributed by atoms with van der Waals surface area (Å²) < 4.78 is 5.37. The van der Waals surface area contributed by atoms with Crippen LogP contribution in [0.1, 0.15) is 53.9 Å². The van der Waals surface area contributed by atoms with Gasteiger partial charge in [-0.3, -0.25) is 24.7 Å². The van der Waals surface area contributed by atoms with Crippen LogP contribution < -0.4 is 21.9 Å². The van der Waals surface area contributed by atoms with Crippen molar-refractivity contribution in [3.05, 3.63) is 0 Å². The van der Waals surface area contributed by atoms with Crippen molar-refractivity contribution < 1.29 is 23.9 Å². The molecule has 0 aromatic rings. The highest BCUT2D eigenvalue weighted by molar-refractivity contribution is 5.93. The molecule has 1 rings (SSSR count). The fourth-order valence-electron chi connectivity index (χ4n) is 2.89. The lowest BCUT2D eigenvalue weighted by molar-refractivity contribution is -0.132. The summed E-state index contributed by atoms with van der Waals surface area (Å²) in [5, 5.41) is 5.16. The summed E-state index contributed by atoms with van der Waals surface area (Å²) in [6.07, 6.45) is 1.02. The lowest BCUT2D eigenvalue weighted by Gasteiger charge is -2.29. The minimum absolute atomic E-state index is 0.130. The fraction of sp³-hybridized carbons (Fsp3) is 0.778. The number of hydrogen-bond donors (Lipinski definition) is 4. The van der Waals surface area contributed by atoms with Crippen molar-refractivity contribution in [1.29, 1.82) is 0 Å². The van der Waals surface area contributed by atoms with E-state index in [0.717, 1.165) is 0 Å². The number of hydrogen-bond acceptors (Lipinski definition) is 6. The fourth-order valence-corrected chi connectivity index (χ4v) is 2.89. The number of amides is 4. The third-order valence-electron chi connectivity index (χ3n) is 4.11. The van der Waals surface area contributed by atoms with Crippen LogP contribution in [0.3, 0.4) is 0 Å². The van der Waals surface area contributed by atoms with Crippen LogP contribution in [0.15, 0.2) is 0 Å². The normalized spacial score (nSPS) is 17.8. The number of hydrazine groups is 1. The summed E-state index contributed by atoms with van der Waals surface area (Å²) in [5.74, 6) is 3.69. The van der Waals surface area contributed by atoms with Crippen LogP contribution in [0.5, 0.6) is 0 Å². The van der Waals surface area contributed by atoms with Gasteiger partial charge in [-0.25, -0.2) is 10.6 Å². The maximum atomic E-state index is 12.8. The van der Waals surface area contributed by atoms with Crippen molar-refractivity contribution in [2.75, 3.05) is 13.1 Å². The molecular weight excluding hydrogens is 366 g/mol. The van der Waals surface area contributed by atoms with Crippen LogP contribution in [0.2, 0.25) is 0 Å². The van der Waals surface area contributed by atoms with Crippen molar-refractivity contribution in [2.45, 2.75) is 71.6 Å². The molecule has 1 aliphatic rings. The lowest BCUT2D eigenvalue weighted by atomic mass is 10.0. The SMILES string of the molecule is CC(C)C[C@H](NC(=O)[C@@H]1CCCN1C(=O)OC(C)(C)C)C(=O)NCC(=O)NN. The quantitative estimate of drug-likeness (QED) is 0.270. The van der Waals surface area contributed by atoms with Gasteiger partial charge >= 0.3 is 6.09 Å². The van der Waals surface area contributed by atoms with Gasteiger partial charge in [0.1, 0.15) is 17.7 Å². The molecule has 0 aromatic heterocycles. The van der Waals surface area contributed by atoms with Gasteiger partial charge in [0.15, 0.2) is 0 Å². The van der Waals surface area contributed by atoms with Gasteiger partial charge < -0.3 is 15.4 Å². The molecule has 4 amide bonds. The van der Waals surface area contributed by atoms with Crippen LogP contribution in [-0.2, 0) is 19.1 Å². The summed E-state index contributed by atoms with van der Waals surface area (Å²) in [6.45, 7) is 9.25. The van der Waals surface area contributed by atoms with Crippen molar-refractivity contribution in [1.82, 2.24) is 21.0 Å². The molecule has 2 atom stereocenters. The van der Waals surface area contributed by atoms with Crippen LogP contribution >= 0.6 is 0 Å². The summed E-state index contributed by atoms with van der Waals surface area (Å²) in [7, 11) is 0. The molecule has 10 heteroatoms. The minimum atomic E-state index is -0.820. The molecule has 0 bridgehead atoms. The predicted molar refractivity (Wildman–Crippen MR) is 103 cm³/mol. The van der Waals surface area contributed by atoms with E-state index in [2.05, 4.69) is 10.6 Å². The molecule has 0 radical (unpaired) electrons. The number of nitrogens with two attached hydrogens (primary N) is 1. The van der Waals surface area contributed by atoms with Gasteiger partial charge in [-0.15, -0.1) is 0 Å². The number of likely N-dealkylation sites (tertiary alicyclic amines) is 1. The third-order valence-corrected chi connectivity index (χ3v) is 4.11. The molecule has 5 N–H and O–H groups in total. The average Bonchev–Trinajstić information content (AvgIpc) is 3.06. The maximum Gasteiger partial charge on any atom is 0.410 e. The molecular formula is C18H33N5O5. The van der Waals surface area contributed by atoms with E-state index in [1.807, 2.05) is 19.3 Å². The van der Waals surface area contributed by atoms with Gasteiger partial charge in [-0.2, -0.15) is 0 Å². The number of nitrogens with zero attached hydrogens (tertiary/aromatic N) is 1. The first-order chi connectivity index (χ1) is 12.9. The topological polar surface area (TPSA) is 143 Å². The smallest absolute Gasteiger partial charge is 0.410 e. The highest BCUT2D eigenvalue weighted by Crippen LogP contribution is 2.21. The maximum absolute atomic E-state index is 12.8. The van der Waals surface area contributed by atoms with E-state index in [-0.39, 0.29) is 12.5 Å². The molecule has 10 nitrogen and oxygen atoms in total. The Morgan fingerprint density at radius 3 is 2.39 bits per heavy atom. The molecule has 0 unspecified atom stereocenters. The second-order valence-corrected chi connectivity index (χ2v) is 8.31. The summed E-state index contributed by atoms with van der Waals surface area (Å²) in [6, 6.07) is -1.51. The van der Waals surface area contributed by atoms with E-state index in [0.29, 0.717) is 25.8 Å². The second-order valence-electron chi connectivity index (χ2n) is 8.31. The van der Waals surface area contributed by atoms with Crippen LogP contribution in [0.4, 0.5) is 4.79 Å². The molecule has 0 spiro atoms. The van der Waals surface area contributed by atoms with E-state index >= 15 is 0 Å².